The Bertz CT molecular complexity index is 4240. The largest absolute Gasteiger partial charge is 0.309 e. The Morgan fingerprint density at radius 1 is 0.343 bits per heavy atom. The van der Waals surface area contributed by atoms with Crippen molar-refractivity contribution in [1.82, 2.24) is 19.1 Å². The molecule has 0 bridgehead atoms. The number of hydrogen-bond donors (Lipinski definition) is 0. The lowest BCUT2D eigenvalue weighted by Gasteiger charge is -2.12. The average Bonchev–Trinajstić information content (AvgIpc) is 4.09. The number of thiophene rings is 1. The summed E-state index contributed by atoms with van der Waals surface area (Å²) in [5, 5.41) is 9.65. The third kappa shape index (κ3) is 5.99. The first-order valence-corrected chi connectivity index (χ1v) is 23.5. The Morgan fingerprint density at radius 3 is 1.64 bits per heavy atom. The van der Waals surface area contributed by atoms with Crippen LogP contribution < -0.4 is 0 Å². The van der Waals surface area contributed by atoms with Gasteiger partial charge in [-0.1, -0.05) is 182 Å². The highest BCUT2D eigenvalue weighted by Gasteiger charge is 2.22. The molecule has 0 saturated carbocycles. The molecule has 14 aromatic rings. The molecule has 5 heteroatoms. The second-order valence-electron chi connectivity index (χ2n) is 17.3. The van der Waals surface area contributed by atoms with Crippen LogP contribution in [0.1, 0.15) is 0 Å². The zero-order valence-corrected chi connectivity index (χ0v) is 37.0. The second kappa shape index (κ2) is 15.0. The van der Waals surface area contributed by atoms with Gasteiger partial charge in [0, 0.05) is 43.1 Å². The lowest BCUT2D eigenvalue weighted by Crippen LogP contribution is -2.03. The van der Waals surface area contributed by atoms with E-state index in [-0.39, 0.29) is 0 Å². The molecule has 0 atom stereocenters. The molecule has 0 unspecified atom stereocenters. The van der Waals surface area contributed by atoms with Crippen molar-refractivity contribution in [2.24, 2.45) is 0 Å². The van der Waals surface area contributed by atoms with Crippen LogP contribution in [-0.4, -0.2) is 19.1 Å². The molecule has 0 saturated heterocycles. The molecule has 0 fully saturated rings. The summed E-state index contributed by atoms with van der Waals surface area (Å²) in [6.45, 7) is 0. The van der Waals surface area contributed by atoms with E-state index in [4.69, 9.17) is 9.97 Å². The SMILES string of the molecule is c1ccc(-c2ccc(-c3nc(-n4c5ccc(-c6ccc7c(c6)c6c8ccccc8ccc6n7-c6ccccc6)cc5c5ccc6ccccc6c54)nc4cc(-c5ccccc5)sc34)cc2)cc1. The molecule has 0 N–H and O–H groups in total. The first-order valence-electron chi connectivity index (χ1n) is 22.7. The molecule has 0 amide bonds. The molecule has 0 spiro atoms. The van der Waals surface area contributed by atoms with Crippen LogP contribution in [0.3, 0.4) is 0 Å². The topological polar surface area (TPSA) is 35.6 Å². The van der Waals surface area contributed by atoms with Crippen LogP contribution in [0.4, 0.5) is 0 Å². The Morgan fingerprint density at radius 2 is 0.896 bits per heavy atom. The zero-order chi connectivity index (χ0) is 44.0. The van der Waals surface area contributed by atoms with Crippen LogP contribution in [0, 0.1) is 0 Å². The Hall–Kier alpha value is -8.64. The minimum atomic E-state index is 0.651. The van der Waals surface area contributed by atoms with Gasteiger partial charge in [-0.25, -0.2) is 9.97 Å². The molecular formula is C62H38N4S. The summed E-state index contributed by atoms with van der Waals surface area (Å²) >= 11 is 1.75. The molecule has 10 aromatic carbocycles. The molecule has 0 aliphatic rings. The third-order valence-corrected chi connectivity index (χ3v) is 14.7. The number of hydrogen-bond acceptors (Lipinski definition) is 3. The monoisotopic (exact) mass is 870 g/mol. The van der Waals surface area contributed by atoms with E-state index < -0.39 is 0 Å². The molecule has 4 heterocycles. The Labute approximate surface area is 389 Å². The number of para-hydroxylation sites is 1. The van der Waals surface area contributed by atoms with Crippen LogP contribution in [0.5, 0.6) is 0 Å². The lowest BCUT2D eigenvalue weighted by atomic mass is 9.98. The maximum absolute atomic E-state index is 5.59. The average molecular weight is 871 g/mol. The second-order valence-corrected chi connectivity index (χ2v) is 18.4. The highest BCUT2D eigenvalue weighted by atomic mass is 32.1. The van der Waals surface area contributed by atoms with E-state index in [0.29, 0.717) is 5.95 Å². The van der Waals surface area contributed by atoms with Gasteiger partial charge in [-0.2, -0.15) is 0 Å². The third-order valence-electron chi connectivity index (χ3n) is 13.5. The standard InChI is InChI=1S/C62H38N4S/c1-4-14-39(15-5-1)40-24-26-44(27-25-40)59-61-53(38-57(67-61)43-18-6-2-7-19-43)63-62(64-59)66-54-33-30-45(36-51(54)50-32-28-42-17-11-13-23-49(42)60(50)66)46-31-34-55-52(37-46)58-48-22-12-10-16-41(48)29-35-56(58)65(55)47-20-8-3-9-21-47/h1-38H. The van der Waals surface area contributed by atoms with Gasteiger partial charge in [-0.05, 0) is 92.5 Å². The van der Waals surface area contributed by atoms with Crippen molar-refractivity contribution < 1.29 is 0 Å². The molecule has 67 heavy (non-hydrogen) atoms. The van der Waals surface area contributed by atoms with Gasteiger partial charge in [-0.15, -0.1) is 11.3 Å². The van der Waals surface area contributed by atoms with Gasteiger partial charge in [-0.3, -0.25) is 4.57 Å². The van der Waals surface area contributed by atoms with Crippen molar-refractivity contribution in [2.45, 2.75) is 0 Å². The normalized spacial score (nSPS) is 11.9. The van der Waals surface area contributed by atoms with Crippen molar-refractivity contribution in [1.29, 1.82) is 0 Å². The first-order chi connectivity index (χ1) is 33.2. The van der Waals surface area contributed by atoms with Crippen LogP contribution in [0.25, 0.3) is 131 Å². The van der Waals surface area contributed by atoms with Crippen molar-refractivity contribution in [3.63, 3.8) is 0 Å². The summed E-state index contributed by atoms with van der Waals surface area (Å²) < 4.78 is 5.78. The van der Waals surface area contributed by atoms with Gasteiger partial charge in [0.25, 0.3) is 0 Å². The number of rotatable bonds is 6. The van der Waals surface area contributed by atoms with Crippen LogP contribution in [-0.2, 0) is 0 Å². The Kier molecular flexibility index (Phi) is 8.42. The summed E-state index contributed by atoms with van der Waals surface area (Å²) in [7, 11) is 0. The van der Waals surface area contributed by atoms with Gasteiger partial charge in [0.05, 0.1) is 38.0 Å². The first kappa shape index (κ1) is 37.7. The quantitative estimate of drug-likeness (QED) is 0.167. The zero-order valence-electron chi connectivity index (χ0n) is 36.1. The summed E-state index contributed by atoms with van der Waals surface area (Å²) in [6, 6.07) is 83.3. The molecule has 0 aliphatic carbocycles. The summed E-state index contributed by atoms with van der Waals surface area (Å²) in [5.41, 5.74) is 14.5. The number of fused-ring (bicyclic) bond motifs is 11. The number of aromatic nitrogens is 4. The van der Waals surface area contributed by atoms with E-state index in [0.717, 1.165) is 59.9 Å². The van der Waals surface area contributed by atoms with Crippen LogP contribution in [0.2, 0.25) is 0 Å². The maximum Gasteiger partial charge on any atom is 0.235 e. The van der Waals surface area contributed by atoms with E-state index in [9.17, 15) is 0 Å². The molecule has 0 radical (unpaired) electrons. The van der Waals surface area contributed by atoms with Gasteiger partial charge in [0.15, 0.2) is 0 Å². The van der Waals surface area contributed by atoms with Crippen molar-refractivity contribution >= 4 is 86.7 Å². The van der Waals surface area contributed by atoms with E-state index in [1.54, 1.807) is 11.3 Å². The smallest absolute Gasteiger partial charge is 0.235 e. The summed E-state index contributed by atoms with van der Waals surface area (Å²) in [4.78, 5) is 12.2. The van der Waals surface area contributed by atoms with Gasteiger partial charge < -0.3 is 4.57 Å². The highest BCUT2D eigenvalue weighted by Crippen LogP contribution is 2.44. The van der Waals surface area contributed by atoms with E-state index >= 15 is 0 Å². The van der Waals surface area contributed by atoms with Gasteiger partial charge in [0.2, 0.25) is 5.95 Å². The number of benzene rings is 10. The fraction of sp³-hybridized carbons (Fsp3) is 0. The van der Waals surface area contributed by atoms with Crippen molar-refractivity contribution in [3.8, 4) is 55.6 Å². The van der Waals surface area contributed by atoms with E-state index in [1.807, 2.05) is 0 Å². The summed E-state index contributed by atoms with van der Waals surface area (Å²) in [5.74, 6) is 0.651. The highest BCUT2D eigenvalue weighted by molar-refractivity contribution is 7.22. The maximum atomic E-state index is 5.59. The minimum Gasteiger partial charge on any atom is -0.309 e. The van der Waals surface area contributed by atoms with Gasteiger partial charge >= 0.3 is 0 Å². The summed E-state index contributed by atoms with van der Waals surface area (Å²) in [6.07, 6.45) is 0. The van der Waals surface area contributed by atoms with Crippen molar-refractivity contribution in [3.05, 3.63) is 231 Å². The molecule has 14 rings (SSSR count). The van der Waals surface area contributed by atoms with E-state index in [2.05, 4.69) is 240 Å². The van der Waals surface area contributed by atoms with Gasteiger partial charge in [0.1, 0.15) is 0 Å². The van der Waals surface area contributed by atoms with E-state index in [1.165, 1.54) is 65.1 Å². The molecule has 0 aliphatic heterocycles. The number of nitrogens with zero attached hydrogens (tertiary/aromatic N) is 4. The van der Waals surface area contributed by atoms with Crippen molar-refractivity contribution in [2.75, 3.05) is 0 Å². The lowest BCUT2D eigenvalue weighted by molar-refractivity contribution is 1.02. The fourth-order valence-corrected chi connectivity index (χ4v) is 11.5. The van der Waals surface area contributed by atoms with Crippen LogP contribution in [0.15, 0.2) is 231 Å². The molecule has 312 valence electrons. The predicted molar refractivity (Wildman–Crippen MR) is 283 cm³/mol. The minimum absolute atomic E-state index is 0.651. The molecular weight excluding hydrogens is 833 g/mol. The predicted octanol–water partition coefficient (Wildman–Crippen LogP) is 16.9. The fourth-order valence-electron chi connectivity index (χ4n) is 10.4. The molecule has 4 nitrogen and oxygen atoms in total. The molecule has 4 aromatic heterocycles. The Balaban J connectivity index is 1.00. The van der Waals surface area contributed by atoms with Crippen LogP contribution >= 0.6 is 11.3 Å².